The number of amides is 2. The summed E-state index contributed by atoms with van der Waals surface area (Å²) in [5.41, 5.74) is 0. The third kappa shape index (κ3) is 4.30. The van der Waals surface area contributed by atoms with Gasteiger partial charge in [0.15, 0.2) is 0 Å². The summed E-state index contributed by atoms with van der Waals surface area (Å²) < 4.78 is 0. The average Bonchev–Trinajstić information content (AvgIpc) is 2.36. The van der Waals surface area contributed by atoms with Crippen molar-refractivity contribution >= 4 is 23.8 Å². The second kappa shape index (κ2) is 7.03. The first-order chi connectivity index (χ1) is 8.84. The molecule has 1 N–H and O–H groups in total. The highest BCUT2D eigenvalue weighted by molar-refractivity contribution is 7.99. The second-order valence-corrected chi connectivity index (χ2v) is 6.55. The van der Waals surface area contributed by atoms with E-state index in [9.17, 15) is 9.59 Å². The van der Waals surface area contributed by atoms with Gasteiger partial charge in [-0.1, -0.05) is 13.8 Å². The molecule has 19 heavy (non-hydrogen) atoms. The molecule has 0 aromatic rings. The highest BCUT2D eigenvalue weighted by Crippen LogP contribution is 2.21. The average molecular weight is 288 g/mol. The van der Waals surface area contributed by atoms with Gasteiger partial charge in [0, 0.05) is 31.1 Å². The summed E-state index contributed by atoms with van der Waals surface area (Å²) in [4.78, 5) is 26.8. The predicted octanol–water partition coefficient (Wildman–Crippen LogP) is 1.97. The molecule has 2 amide bonds. The van der Waals surface area contributed by atoms with Crippen molar-refractivity contribution in [2.75, 3.05) is 25.1 Å². The summed E-state index contributed by atoms with van der Waals surface area (Å²) in [6, 6.07) is -0.0918. The van der Waals surface area contributed by atoms with E-state index in [1.54, 1.807) is 28.6 Å². The molecule has 5 nitrogen and oxygen atoms in total. The van der Waals surface area contributed by atoms with Crippen LogP contribution in [0.5, 0.6) is 0 Å². The number of nitrogens with zero attached hydrogens (tertiary/aromatic N) is 2. The van der Waals surface area contributed by atoms with Gasteiger partial charge in [-0.2, -0.15) is 11.8 Å². The van der Waals surface area contributed by atoms with Crippen molar-refractivity contribution in [3.05, 3.63) is 0 Å². The molecule has 1 saturated heterocycles. The van der Waals surface area contributed by atoms with Crippen LogP contribution in [0.2, 0.25) is 0 Å². The molecule has 0 saturated carbocycles. The van der Waals surface area contributed by atoms with Gasteiger partial charge in [-0.15, -0.1) is 0 Å². The van der Waals surface area contributed by atoms with E-state index in [1.807, 2.05) is 6.92 Å². The topological polar surface area (TPSA) is 60.9 Å². The van der Waals surface area contributed by atoms with Crippen molar-refractivity contribution in [1.29, 1.82) is 0 Å². The maximum Gasteiger partial charge on any atom is 0.320 e. The number of carboxylic acid groups (broad SMARTS) is 1. The van der Waals surface area contributed by atoms with E-state index in [2.05, 4.69) is 13.8 Å². The summed E-state index contributed by atoms with van der Waals surface area (Å²) in [7, 11) is 1.80. The molecule has 1 heterocycles. The highest BCUT2D eigenvalue weighted by atomic mass is 32.2. The van der Waals surface area contributed by atoms with Crippen LogP contribution < -0.4 is 0 Å². The lowest BCUT2D eigenvalue weighted by atomic mass is 10.1. The number of carbonyl (C=O) groups is 2. The van der Waals surface area contributed by atoms with E-state index in [-0.39, 0.29) is 24.5 Å². The quantitative estimate of drug-likeness (QED) is 0.859. The summed E-state index contributed by atoms with van der Waals surface area (Å²) in [6.07, 6.45) is 0.0304. The van der Waals surface area contributed by atoms with Gasteiger partial charge >= 0.3 is 12.0 Å². The Hall–Kier alpha value is -0.910. The third-order valence-corrected chi connectivity index (χ3v) is 4.85. The fraction of sp³-hybridized carbons (Fsp3) is 0.846. The lowest BCUT2D eigenvalue weighted by molar-refractivity contribution is -0.138. The van der Waals surface area contributed by atoms with E-state index in [1.165, 1.54) is 0 Å². The molecule has 0 bridgehead atoms. The normalized spacial score (nSPS) is 21.3. The van der Waals surface area contributed by atoms with E-state index in [0.717, 1.165) is 5.75 Å². The molecule has 6 heteroatoms. The lowest BCUT2D eigenvalue weighted by Crippen LogP contribution is -2.54. The fourth-order valence-electron chi connectivity index (χ4n) is 2.10. The zero-order valence-corrected chi connectivity index (χ0v) is 12.9. The molecule has 0 radical (unpaired) electrons. The van der Waals surface area contributed by atoms with E-state index in [0.29, 0.717) is 18.2 Å². The van der Waals surface area contributed by atoms with Gasteiger partial charge in [0.05, 0.1) is 12.5 Å². The minimum absolute atomic E-state index is 0.0304. The number of carbonyl (C=O) groups excluding carboxylic acids is 1. The Morgan fingerprint density at radius 2 is 2.05 bits per heavy atom. The summed E-state index contributed by atoms with van der Waals surface area (Å²) in [5.74, 6) is 1.13. The molecule has 0 aromatic carbocycles. The van der Waals surface area contributed by atoms with Crippen LogP contribution in [-0.4, -0.2) is 64.1 Å². The SMILES string of the molecule is CC(C)C(C)N(C)C(=O)N1CCSCC1CC(=O)O. The van der Waals surface area contributed by atoms with Crippen molar-refractivity contribution < 1.29 is 14.7 Å². The van der Waals surface area contributed by atoms with Gasteiger partial charge < -0.3 is 14.9 Å². The minimum Gasteiger partial charge on any atom is -0.481 e. The molecular formula is C13H24N2O3S. The third-order valence-electron chi connectivity index (χ3n) is 3.76. The number of urea groups is 1. The molecule has 1 aliphatic heterocycles. The Morgan fingerprint density at radius 3 is 2.58 bits per heavy atom. The highest BCUT2D eigenvalue weighted by Gasteiger charge is 2.32. The van der Waals surface area contributed by atoms with Crippen molar-refractivity contribution in [3.8, 4) is 0 Å². The minimum atomic E-state index is -0.843. The smallest absolute Gasteiger partial charge is 0.320 e. The zero-order chi connectivity index (χ0) is 14.6. The Labute approximate surface area is 119 Å². The molecule has 1 rings (SSSR count). The number of carboxylic acids is 1. The zero-order valence-electron chi connectivity index (χ0n) is 12.1. The Kier molecular flexibility index (Phi) is 5.97. The first kappa shape index (κ1) is 16.1. The largest absolute Gasteiger partial charge is 0.481 e. The summed E-state index contributed by atoms with van der Waals surface area (Å²) in [6.45, 7) is 6.81. The number of aliphatic carboxylic acids is 1. The number of hydrogen-bond acceptors (Lipinski definition) is 3. The van der Waals surface area contributed by atoms with Crippen molar-refractivity contribution in [2.45, 2.75) is 39.3 Å². The molecule has 2 unspecified atom stereocenters. The van der Waals surface area contributed by atoms with Crippen molar-refractivity contribution in [2.24, 2.45) is 5.92 Å². The molecule has 0 spiro atoms. The fourth-order valence-corrected chi connectivity index (χ4v) is 3.16. The van der Waals surface area contributed by atoms with Gasteiger partial charge in [-0.3, -0.25) is 4.79 Å². The van der Waals surface area contributed by atoms with E-state index < -0.39 is 5.97 Å². The number of hydrogen-bond donors (Lipinski definition) is 1. The lowest BCUT2D eigenvalue weighted by Gasteiger charge is -2.39. The van der Waals surface area contributed by atoms with Crippen LogP contribution in [0, 0.1) is 5.92 Å². The Morgan fingerprint density at radius 1 is 1.42 bits per heavy atom. The first-order valence-electron chi connectivity index (χ1n) is 6.67. The van der Waals surface area contributed by atoms with Crippen LogP contribution in [0.1, 0.15) is 27.2 Å². The number of rotatable bonds is 4. The second-order valence-electron chi connectivity index (χ2n) is 5.40. The summed E-state index contributed by atoms with van der Waals surface area (Å²) in [5, 5.41) is 8.94. The number of thioether (sulfide) groups is 1. The van der Waals surface area contributed by atoms with Crippen LogP contribution in [-0.2, 0) is 4.79 Å². The molecular weight excluding hydrogens is 264 g/mol. The standard InChI is InChI=1S/C13H24N2O3S/c1-9(2)10(3)14(4)13(18)15-5-6-19-8-11(15)7-12(16)17/h9-11H,5-8H2,1-4H3,(H,16,17). The predicted molar refractivity (Wildman–Crippen MR) is 77.5 cm³/mol. The van der Waals surface area contributed by atoms with Crippen LogP contribution in [0.25, 0.3) is 0 Å². The van der Waals surface area contributed by atoms with Gasteiger partial charge in [0.25, 0.3) is 0 Å². The van der Waals surface area contributed by atoms with Crippen LogP contribution in [0.3, 0.4) is 0 Å². The molecule has 0 aliphatic carbocycles. The van der Waals surface area contributed by atoms with Gasteiger partial charge in [-0.25, -0.2) is 4.79 Å². The van der Waals surface area contributed by atoms with Gasteiger partial charge in [-0.05, 0) is 12.8 Å². The molecule has 1 aliphatic rings. The van der Waals surface area contributed by atoms with Crippen LogP contribution in [0.15, 0.2) is 0 Å². The van der Waals surface area contributed by atoms with Crippen LogP contribution in [0.4, 0.5) is 4.79 Å². The maximum absolute atomic E-state index is 12.5. The van der Waals surface area contributed by atoms with Gasteiger partial charge in [0.2, 0.25) is 0 Å². The summed E-state index contributed by atoms with van der Waals surface area (Å²) >= 11 is 1.72. The van der Waals surface area contributed by atoms with E-state index in [4.69, 9.17) is 5.11 Å². The Balaban J connectivity index is 2.73. The maximum atomic E-state index is 12.5. The molecule has 110 valence electrons. The first-order valence-corrected chi connectivity index (χ1v) is 7.83. The van der Waals surface area contributed by atoms with Gasteiger partial charge in [0.1, 0.15) is 0 Å². The molecule has 2 atom stereocenters. The van der Waals surface area contributed by atoms with E-state index >= 15 is 0 Å². The monoisotopic (exact) mass is 288 g/mol. The molecule has 1 fully saturated rings. The van der Waals surface area contributed by atoms with Crippen molar-refractivity contribution in [1.82, 2.24) is 9.80 Å². The van der Waals surface area contributed by atoms with Crippen molar-refractivity contribution in [3.63, 3.8) is 0 Å². The Bertz CT molecular complexity index is 336. The molecule has 0 aromatic heterocycles. The van der Waals surface area contributed by atoms with Crippen LogP contribution >= 0.6 is 11.8 Å².